The van der Waals surface area contributed by atoms with Gasteiger partial charge in [0, 0.05) is 12.1 Å². The number of imidazole rings is 1. The molecule has 26 heavy (non-hydrogen) atoms. The van der Waals surface area contributed by atoms with Crippen molar-refractivity contribution in [2.75, 3.05) is 17.2 Å². The van der Waals surface area contributed by atoms with Crippen molar-refractivity contribution >= 4 is 23.2 Å². The molecule has 136 valence electrons. The SMILES string of the molecule is CCCNc1ccc2nc(NC(=O)c3ccc(C(C)(C)C)cc3)cn2n1. The smallest absolute Gasteiger partial charge is 0.256 e. The van der Waals surface area contributed by atoms with Gasteiger partial charge in [-0.25, -0.2) is 9.50 Å². The Labute approximate surface area is 153 Å². The molecule has 2 aromatic heterocycles. The van der Waals surface area contributed by atoms with Gasteiger partial charge in [-0.05, 0) is 41.7 Å². The van der Waals surface area contributed by atoms with Gasteiger partial charge in [-0.1, -0.05) is 39.8 Å². The van der Waals surface area contributed by atoms with Crippen LogP contribution in [-0.4, -0.2) is 27.0 Å². The summed E-state index contributed by atoms with van der Waals surface area (Å²) in [6.07, 6.45) is 2.74. The Morgan fingerprint density at radius 3 is 2.46 bits per heavy atom. The molecule has 0 aliphatic heterocycles. The standard InChI is InChI=1S/C20H25N5O/c1-5-12-21-16-10-11-18-22-17(13-25(18)24-16)23-19(26)14-6-8-15(9-7-14)20(2,3)4/h6-11,13H,5,12H2,1-4H3,(H,21,24)(H,23,26). The normalized spacial score (nSPS) is 11.5. The van der Waals surface area contributed by atoms with Crippen molar-refractivity contribution < 1.29 is 4.79 Å². The first kappa shape index (κ1) is 17.9. The van der Waals surface area contributed by atoms with Crippen LogP contribution in [-0.2, 0) is 5.41 Å². The molecule has 0 unspecified atom stereocenters. The Balaban J connectivity index is 1.74. The van der Waals surface area contributed by atoms with E-state index in [1.54, 1.807) is 10.7 Å². The summed E-state index contributed by atoms with van der Waals surface area (Å²) in [5.41, 5.74) is 2.54. The van der Waals surface area contributed by atoms with Gasteiger partial charge in [0.1, 0.15) is 5.82 Å². The van der Waals surface area contributed by atoms with Gasteiger partial charge in [-0.15, -0.1) is 5.10 Å². The number of fused-ring (bicyclic) bond motifs is 1. The van der Waals surface area contributed by atoms with Crippen LogP contribution in [0.2, 0.25) is 0 Å². The van der Waals surface area contributed by atoms with E-state index in [9.17, 15) is 4.79 Å². The summed E-state index contributed by atoms with van der Waals surface area (Å²) in [4.78, 5) is 16.9. The van der Waals surface area contributed by atoms with Crippen LogP contribution in [0.1, 0.15) is 50.0 Å². The summed E-state index contributed by atoms with van der Waals surface area (Å²) in [6.45, 7) is 9.41. The van der Waals surface area contributed by atoms with Crippen molar-refractivity contribution in [3.63, 3.8) is 0 Å². The highest BCUT2D eigenvalue weighted by Crippen LogP contribution is 2.22. The fourth-order valence-electron chi connectivity index (χ4n) is 2.60. The van der Waals surface area contributed by atoms with Crippen LogP contribution < -0.4 is 10.6 Å². The van der Waals surface area contributed by atoms with Crippen LogP contribution in [0.25, 0.3) is 5.65 Å². The van der Waals surface area contributed by atoms with Crippen LogP contribution in [0.4, 0.5) is 11.6 Å². The van der Waals surface area contributed by atoms with E-state index in [0.29, 0.717) is 17.0 Å². The zero-order chi connectivity index (χ0) is 18.7. The van der Waals surface area contributed by atoms with Crippen LogP contribution in [0.3, 0.4) is 0 Å². The molecule has 3 rings (SSSR count). The number of carbonyl (C=O) groups excluding carboxylic acids is 1. The number of hydrogen-bond donors (Lipinski definition) is 2. The lowest BCUT2D eigenvalue weighted by Gasteiger charge is -2.18. The van der Waals surface area contributed by atoms with Crippen molar-refractivity contribution in [2.24, 2.45) is 0 Å². The predicted octanol–water partition coefficient (Wildman–Crippen LogP) is 4.10. The largest absolute Gasteiger partial charge is 0.369 e. The van der Waals surface area contributed by atoms with Crippen LogP contribution in [0.15, 0.2) is 42.6 Å². The zero-order valence-electron chi connectivity index (χ0n) is 15.7. The maximum Gasteiger partial charge on any atom is 0.256 e. The Kier molecular flexibility index (Phi) is 4.93. The molecule has 2 heterocycles. The molecule has 0 saturated carbocycles. The third kappa shape index (κ3) is 4.02. The molecule has 0 fully saturated rings. The number of nitrogens with zero attached hydrogens (tertiary/aromatic N) is 3. The molecule has 0 radical (unpaired) electrons. The summed E-state index contributed by atoms with van der Waals surface area (Å²) in [7, 11) is 0. The number of nitrogens with one attached hydrogen (secondary N) is 2. The minimum atomic E-state index is -0.182. The minimum Gasteiger partial charge on any atom is -0.369 e. The summed E-state index contributed by atoms with van der Waals surface area (Å²) in [5, 5.41) is 10.5. The zero-order valence-corrected chi connectivity index (χ0v) is 15.7. The van der Waals surface area contributed by atoms with E-state index in [2.05, 4.69) is 48.4 Å². The number of aromatic nitrogens is 3. The lowest BCUT2D eigenvalue weighted by Crippen LogP contribution is -2.14. The summed E-state index contributed by atoms with van der Waals surface area (Å²) in [5.74, 6) is 1.08. The summed E-state index contributed by atoms with van der Waals surface area (Å²) < 4.78 is 1.66. The van der Waals surface area contributed by atoms with Crippen molar-refractivity contribution in [1.29, 1.82) is 0 Å². The van der Waals surface area contributed by atoms with Gasteiger partial charge >= 0.3 is 0 Å². The second-order valence-electron chi connectivity index (χ2n) is 7.36. The average molecular weight is 351 g/mol. The van der Waals surface area contributed by atoms with Gasteiger partial charge in [-0.3, -0.25) is 4.79 Å². The molecule has 0 atom stereocenters. The molecule has 0 saturated heterocycles. The van der Waals surface area contributed by atoms with E-state index in [1.807, 2.05) is 36.4 Å². The second kappa shape index (κ2) is 7.15. The Hall–Kier alpha value is -2.89. The van der Waals surface area contributed by atoms with Gasteiger partial charge in [0.2, 0.25) is 0 Å². The van der Waals surface area contributed by atoms with Crippen LogP contribution in [0, 0.1) is 0 Å². The number of amides is 1. The number of carbonyl (C=O) groups is 1. The summed E-state index contributed by atoms with van der Waals surface area (Å²) >= 11 is 0. The van der Waals surface area contributed by atoms with Gasteiger partial charge in [0.25, 0.3) is 5.91 Å². The first-order valence-corrected chi connectivity index (χ1v) is 8.89. The third-order valence-electron chi connectivity index (χ3n) is 4.13. The third-order valence-corrected chi connectivity index (χ3v) is 4.13. The van der Waals surface area contributed by atoms with Gasteiger partial charge in [0.05, 0.1) is 6.20 Å². The molecular formula is C20H25N5O. The van der Waals surface area contributed by atoms with Crippen LogP contribution in [0.5, 0.6) is 0 Å². The predicted molar refractivity (Wildman–Crippen MR) is 105 cm³/mol. The van der Waals surface area contributed by atoms with Crippen molar-refractivity contribution in [3.8, 4) is 0 Å². The number of hydrogen-bond acceptors (Lipinski definition) is 4. The van der Waals surface area contributed by atoms with Gasteiger partial charge < -0.3 is 10.6 Å². The highest BCUT2D eigenvalue weighted by atomic mass is 16.1. The Morgan fingerprint density at radius 1 is 1.08 bits per heavy atom. The van der Waals surface area contributed by atoms with Gasteiger partial charge in [0.15, 0.2) is 11.5 Å². The fraction of sp³-hybridized carbons (Fsp3) is 0.350. The van der Waals surface area contributed by atoms with E-state index in [1.165, 1.54) is 5.56 Å². The fourth-order valence-corrected chi connectivity index (χ4v) is 2.60. The average Bonchev–Trinajstić information content (AvgIpc) is 3.00. The molecule has 2 N–H and O–H groups in total. The topological polar surface area (TPSA) is 71.3 Å². The quantitative estimate of drug-likeness (QED) is 0.726. The molecule has 3 aromatic rings. The van der Waals surface area contributed by atoms with Crippen molar-refractivity contribution in [2.45, 2.75) is 39.5 Å². The molecular weight excluding hydrogens is 326 g/mol. The molecule has 0 aliphatic rings. The van der Waals surface area contributed by atoms with E-state index < -0.39 is 0 Å². The lowest BCUT2D eigenvalue weighted by molar-refractivity contribution is 0.102. The Morgan fingerprint density at radius 2 is 1.81 bits per heavy atom. The Bertz CT molecular complexity index is 906. The summed E-state index contributed by atoms with van der Waals surface area (Å²) in [6, 6.07) is 11.4. The van der Waals surface area contributed by atoms with E-state index in [0.717, 1.165) is 18.8 Å². The number of benzene rings is 1. The lowest BCUT2D eigenvalue weighted by atomic mass is 9.87. The maximum absolute atomic E-state index is 12.5. The highest BCUT2D eigenvalue weighted by molar-refractivity contribution is 6.03. The van der Waals surface area contributed by atoms with E-state index in [-0.39, 0.29) is 11.3 Å². The van der Waals surface area contributed by atoms with Crippen molar-refractivity contribution in [3.05, 3.63) is 53.7 Å². The first-order valence-electron chi connectivity index (χ1n) is 8.89. The molecule has 0 aliphatic carbocycles. The number of anilines is 2. The highest BCUT2D eigenvalue weighted by Gasteiger charge is 2.15. The molecule has 6 heteroatoms. The van der Waals surface area contributed by atoms with E-state index in [4.69, 9.17) is 0 Å². The monoisotopic (exact) mass is 351 g/mol. The molecule has 0 bridgehead atoms. The number of rotatable bonds is 5. The van der Waals surface area contributed by atoms with Crippen LogP contribution >= 0.6 is 0 Å². The molecule has 1 aromatic carbocycles. The minimum absolute atomic E-state index is 0.0613. The molecule has 1 amide bonds. The first-order chi connectivity index (χ1) is 12.4. The van der Waals surface area contributed by atoms with Crippen molar-refractivity contribution in [1.82, 2.24) is 14.6 Å². The van der Waals surface area contributed by atoms with E-state index >= 15 is 0 Å². The van der Waals surface area contributed by atoms with Gasteiger partial charge in [-0.2, -0.15) is 0 Å². The maximum atomic E-state index is 12.5. The molecule has 6 nitrogen and oxygen atoms in total. The second-order valence-corrected chi connectivity index (χ2v) is 7.36. The molecule has 0 spiro atoms.